The van der Waals surface area contributed by atoms with Crippen LogP contribution in [0.5, 0.6) is 0 Å². The summed E-state index contributed by atoms with van der Waals surface area (Å²) in [6.07, 6.45) is 6.28. The summed E-state index contributed by atoms with van der Waals surface area (Å²) in [7, 11) is 0. The first-order chi connectivity index (χ1) is 12.5. The molecule has 0 radical (unpaired) electrons. The van der Waals surface area contributed by atoms with E-state index in [0.29, 0.717) is 18.4 Å². The molecule has 0 spiro atoms. The van der Waals surface area contributed by atoms with Gasteiger partial charge in [0.15, 0.2) is 11.5 Å². The molecule has 1 aromatic rings. The highest BCUT2D eigenvalue weighted by atomic mass is 16.5. The monoisotopic (exact) mass is 358 g/mol. The Morgan fingerprint density at radius 1 is 0.846 bits per heavy atom. The fourth-order valence-corrected chi connectivity index (χ4v) is 2.79. The lowest BCUT2D eigenvalue weighted by Gasteiger charge is -2.14. The van der Waals surface area contributed by atoms with Crippen LogP contribution in [-0.2, 0) is 14.3 Å². The number of hydrogen-bond donors (Lipinski definition) is 1. The molecule has 0 atom stereocenters. The van der Waals surface area contributed by atoms with Crippen LogP contribution in [0.4, 0.5) is 0 Å². The first kappa shape index (κ1) is 19.6. The van der Waals surface area contributed by atoms with Crippen LogP contribution in [0.15, 0.2) is 36.1 Å². The molecular formula is C20H22O6. The van der Waals surface area contributed by atoms with E-state index < -0.39 is 17.7 Å². The van der Waals surface area contributed by atoms with Gasteiger partial charge >= 0.3 is 11.9 Å². The zero-order valence-electron chi connectivity index (χ0n) is 14.5. The van der Waals surface area contributed by atoms with E-state index in [9.17, 15) is 19.2 Å². The van der Waals surface area contributed by atoms with Crippen LogP contribution in [0.2, 0.25) is 0 Å². The molecule has 1 aliphatic rings. The fraction of sp³-hybridized carbons (Fsp3) is 0.400. The van der Waals surface area contributed by atoms with Crippen molar-refractivity contribution in [2.45, 2.75) is 51.4 Å². The number of hydrogen-bond acceptors (Lipinski definition) is 5. The van der Waals surface area contributed by atoms with Crippen molar-refractivity contribution in [1.82, 2.24) is 0 Å². The predicted octanol–water partition coefficient (Wildman–Crippen LogP) is 3.70. The van der Waals surface area contributed by atoms with Gasteiger partial charge in [-0.3, -0.25) is 19.2 Å². The van der Waals surface area contributed by atoms with Crippen molar-refractivity contribution in [2.75, 3.05) is 0 Å². The SMILES string of the molecule is O=C(O)CCCCCCCCC(=O)OC1=CC(=O)c2ccccc2C1=O. The second-order valence-electron chi connectivity index (χ2n) is 6.24. The normalized spacial score (nSPS) is 13.2. The average molecular weight is 358 g/mol. The molecule has 138 valence electrons. The molecule has 0 amide bonds. The summed E-state index contributed by atoms with van der Waals surface area (Å²) in [5.41, 5.74) is 0.573. The summed E-state index contributed by atoms with van der Waals surface area (Å²) in [6, 6.07) is 6.45. The Kier molecular flexibility index (Phi) is 7.26. The summed E-state index contributed by atoms with van der Waals surface area (Å²) in [5, 5.41) is 8.54. The number of ether oxygens (including phenoxy) is 1. The van der Waals surface area contributed by atoms with Gasteiger partial charge in [-0.2, -0.15) is 0 Å². The number of aliphatic carboxylic acids is 1. The standard InChI is InChI=1S/C20H22O6/c21-16-13-17(20(25)15-10-8-7-9-14(15)16)26-19(24)12-6-4-2-1-3-5-11-18(22)23/h7-10,13H,1-6,11-12H2,(H,22,23). The van der Waals surface area contributed by atoms with Gasteiger partial charge in [0.2, 0.25) is 5.78 Å². The van der Waals surface area contributed by atoms with Crippen molar-refractivity contribution in [2.24, 2.45) is 0 Å². The molecule has 0 aliphatic heterocycles. The van der Waals surface area contributed by atoms with Crippen molar-refractivity contribution in [3.05, 3.63) is 47.2 Å². The van der Waals surface area contributed by atoms with Crippen molar-refractivity contribution < 1.29 is 29.0 Å². The molecule has 0 saturated carbocycles. The number of carboxylic acids is 1. The first-order valence-electron chi connectivity index (χ1n) is 8.81. The molecule has 0 bridgehead atoms. The maximum Gasteiger partial charge on any atom is 0.311 e. The van der Waals surface area contributed by atoms with Crippen molar-refractivity contribution in [3.63, 3.8) is 0 Å². The number of rotatable bonds is 10. The van der Waals surface area contributed by atoms with Crippen LogP contribution in [0.25, 0.3) is 0 Å². The number of carbonyl (C=O) groups excluding carboxylic acids is 3. The average Bonchev–Trinajstić information content (AvgIpc) is 2.61. The molecule has 1 aromatic carbocycles. The Morgan fingerprint density at radius 2 is 1.42 bits per heavy atom. The van der Waals surface area contributed by atoms with E-state index in [0.717, 1.165) is 31.8 Å². The Balaban J connectivity index is 1.69. The minimum atomic E-state index is -0.777. The van der Waals surface area contributed by atoms with Crippen LogP contribution in [0.3, 0.4) is 0 Å². The number of unbranched alkanes of at least 4 members (excludes halogenated alkanes) is 5. The van der Waals surface area contributed by atoms with E-state index in [-0.39, 0.29) is 29.9 Å². The molecule has 1 aliphatic carbocycles. The molecule has 2 rings (SSSR count). The summed E-state index contributed by atoms with van der Waals surface area (Å²) in [4.78, 5) is 46.6. The number of Topliss-reactive ketones (excluding diaryl/α,β-unsaturated/α-hetero) is 1. The lowest BCUT2D eigenvalue weighted by atomic mass is 9.94. The van der Waals surface area contributed by atoms with E-state index >= 15 is 0 Å². The Hall–Kier alpha value is -2.76. The highest BCUT2D eigenvalue weighted by molar-refractivity contribution is 6.24. The van der Waals surface area contributed by atoms with E-state index in [1.807, 2.05) is 0 Å². The molecule has 0 unspecified atom stereocenters. The highest BCUT2D eigenvalue weighted by Crippen LogP contribution is 2.22. The zero-order chi connectivity index (χ0) is 18.9. The molecule has 0 aromatic heterocycles. The van der Waals surface area contributed by atoms with Gasteiger partial charge < -0.3 is 9.84 Å². The maximum atomic E-state index is 12.3. The van der Waals surface area contributed by atoms with E-state index in [4.69, 9.17) is 9.84 Å². The third-order valence-electron chi connectivity index (χ3n) is 4.17. The first-order valence-corrected chi connectivity index (χ1v) is 8.81. The molecule has 1 N–H and O–H groups in total. The second-order valence-corrected chi connectivity index (χ2v) is 6.24. The summed E-state index contributed by atoms with van der Waals surface area (Å²) < 4.78 is 5.09. The van der Waals surface area contributed by atoms with Crippen LogP contribution in [0, 0.1) is 0 Å². The van der Waals surface area contributed by atoms with Crippen molar-refractivity contribution in [1.29, 1.82) is 0 Å². The molecule has 0 fully saturated rings. The van der Waals surface area contributed by atoms with Crippen LogP contribution in [0.1, 0.15) is 72.1 Å². The Bertz CT molecular complexity index is 732. The van der Waals surface area contributed by atoms with Gasteiger partial charge in [0.25, 0.3) is 0 Å². The zero-order valence-corrected chi connectivity index (χ0v) is 14.5. The Morgan fingerprint density at radius 3 is 2.08 bits per heavy atom. The summed E-state index contributed by atoms with van der Waals surface area (Å²) in [6.45, 7) is 0. The van der Waals surface area contributed by atoms with Crippen LogP contribution >= 0.6 is 0 Å². The number of carboxylic acid groups (broad SMARTS) is 1. The number of allylic oxidation sites excluding steroid dienone is 2. The fourth-order valence-electron chi connectivity index (χ4n) is 2.79. The van der Waals surface area contributed by atoms with Crippen molar-refractivity contribution >= 4 is 23.5 Å². The lowest BCUT2D eigenvalue weighted by Crippen LogP contribution is -2.20. The van der Waals surface area contributed by atoms with Gasteiger partial charge in [-0.1, -0.05) is 49.9 Å². The minimum absolute atomic E-state index is 0.176. The number of benzene rings is 1. The van der Waals surface area contributed by atoms with Gasteiger partial charge in [-0.25, -0.2) is 0 Å². The maximum absolute atomic E-state index is 12.3. The van der Waals surface area contributed by atoms with Gasteiger partial charge in [0.1, 0.15) is 0 Å². The number of carbonyl (C=O) groups is 4. The number of esters is 1. The largest absolute Gasteiger partial charge is 0.481 e. The van der Waals surface area contributed by atoms with Crippen molar-refractivity contribution in [3.8, 4) is 0 Å². The van der Waals surface area contributed by atoms with Gasteiger partial charge in [0, 0.05) is 30.0 Å². The second kappa shape index (κ2) is 9.65. The minimum Gasteiger partial charge on any atom is -0.481 e. The molecular weight excluding hydrogens is 336 g/mol. The summed E-state index contributed by atoms with van der Waals surface area (Å²) >= 11 is 0. The van der Waals surface area contributed by atoms with Crippen LogP contribution in [-0.4, -0.2) is 28.6 Å². The van der Waals surface area contributed by atoms with Gasteiger partial charge in [-0.05, 0) is 12.8 Å². The Labute approximate surface area is 151 Å². The van der Waals surface area contributed by atoms with E-state index in [2.05, 4.69) is 0 Å². The molecule has 6 heteroatoms. The smallest absolute Gasteiger partial charge is 0.311 e. The molecule has 26 heavy (non-hydrogen) atoms. The number of fused-ring (bicyclic) bond motifs is 1. The third-order valence-corrected chi connectivity index (χ3v) is 4.17. The summed E-state index contributed by atoms with van der Waals surface area (Å²) in [5.74, 6) is -2.31. The highest BCUT2D eigenvalue weighted by Gasteiger charge is 2.27. The molecule has 0 heterocycles. The van der Waals surface area contributed by atoms with Gasteiger partial charge in [-0.15, -0.1) is 0 Å². The molecule has 6 nitrogen and oxygen atoms in total. The molecule has 0 saturated heterocycles. The van der Waals surface area contributed by atoms with E-state index in [1.54, 1.807) is 24.3 Å². The predicted molar refractivity (Wildman–Crippen MR) is 93.8 cm³/mol. The van der Waals surface area contributed by atoms with E-state index in [1.165, 1.54) is 0 Å². The quantitative estimate of drug-likeness (QED) is 0.506. The topological polar surface area (TPSA) is 97.7 Å². The van der Waals surface area contributed by atoms with Crippen LogP contribution < -0.4 is 0 Å². The number of ketones is 2. The lowest BCUT2D eigenvalue weighted by molar-refractivity contribution is -0.139. The third kappa shape index (κ3) is 5.65. The van der Waals surface area contributed by atoms with Gasteiger partial charge in [0.05, 0.1) is 0 Å².